The van der Waals surface area contributed by atoms with E-state index in [1.54, 1.807) is 24.0 Å². The van der Waals surface area contributed by atoms with Gasteiger partial charge in [0.15, 0.2) is 0 Å². The number of hydrogen-bond donors (Lipinski definition) is 2. The molecule has 0 aromatic heterocycles. The summed E-state index contributed by atoms with van der Waals surface area (Å²) in [5.74, 6) is -3.35. The molecule has 0 aromatic carbocycles. The van der Waals surface area contributed by atoms with Gasteiger partial charge < -0.3 is 29.7 Å². The van der Waals surface area contributed by atoms with Crippen molar-refractivity contribution in [2.24, 2.45) is 17.3 Å². The number of nitrogens with one attached hydrogen (secondary N) is 1. The van der Waals surface area contributed by atoms with E-state index in [0.717, 1.165) is 0 Å². The largest absolute Gasteiger partial charge is 0.460 e. The van der Waals surface area contributed by atoms with Gasteiger partial charge in [0.1, 0.15) is 17.7 Å². The van der Waals surface area contributed by atoms with E-state index in [4.69, 9.17) is 9.47 Å². The highest BCUT2D eigenvalue weighted by Crippen LogP contribution is 2.61. The van der Waals surface area contributed by atoms with Crippen LogP contribution in [0.5, 0.6) is 0 Å². The molecule has 3 rings (SSSR count). The zero-order valence-electron chi connectivity index (χ0n) is 27.4. The molecule has 1 unspecified atom stereocenters. The molecular formula is C33H52BrN3O7. The monoisotopic (exact) mass is 681 g/mol. The normalized spacial score (nSPS) is 29.2. The highest BCUT2D eigenvalue weighted by molar-refractivity contribution is 9.09. The number of ether oxygens (including phenoxy) is 2. The molecule has 0 saturated carbocycles. The molecule has 44 heavy (non-hydrogen) atoms. The van der Waals surface area contributed by atoms with Crippen molar-refractivity contribution >= 4 is 39.6 Å². The minimum Gasteiger partial charge on any atom is -0.460 e. The summed E-state index contributed by atoms with van der Waals surface area (Å²) in [6.45, 7) is 21.5. The highest BCUT2D eigenvalue weighted by atomic mass is 79.9. The number of aliphatic hydroxyl groups excluding tert-OH is 1. The predicted molar refractivity (Wildman–Crippen MR) is 172 cm³/mol. The van der Waals surface area contributed by atoms with E-state index in [0.29, 0.717) is 25.7 Å². The topological polar surface area (TPSA) is 125 Å². The third-order valence-corrected chi connectivity index (χ3v) is 9.90. The number of nitrogens with zero attached hydrogens (tertiary/aromatic N) is 2. The van der Waals surface area contributed by atoms with Crippen molar-refractivity contribution in [1.29, 1.82) is 0 Å². The van der Waals surface area contributed by atoms with Gasteiger partial charge in [-0.05, 0) is 51.9 Å². The molecule has 0 radical (unpaired) electrons. The standard InChI is InChI=1S/C33H52BrN3O7/c1-10-13-14-23(39)35-17-20(4)43-30(42)24-25-28(40)37(21(12-3)18-38)27(33(25)16-22(34)26(24)44-33)29(41)36(15-11-2)32(8,9)19-31(5,6)7/h10-11,20-22,24-27,38H,1-2,12-19H2,3-9H3,(H,35,39)/t20-,21-,22?,24-,25+,26-,27-,33+/m0/s1. The van der Waals surface area contributed by atoms with Gasteiger partial charge in [0.05, 0.1) is 37.1 Å². The number of halogens is 1. The van der Waals surface area contributed by atoms with Crippen LogP contribution in [0.1, 0.15) is 80.6 Å². The van der Waals surface area contributed by atoms with Gasteiger partial charge in [0.25, 0.3) is 0 Å². The third kappa shape index (κ3) is 7.09. The first kappa shape index (κ1) is 36.2. The van der Waals surface area contributed by atoms with E-state index in [9.17, 15) is 24.3 Å². The Hall–Kier alpha value is -2.24. The fourth-order valence-electron chi connectivity index (χ4n) is 7.63. The first-order chi connectivity index (χ1) is 20.5. The van der Waals surface area contributed by atoms with E-state index in [-0.39, 0.29) is 54.1 Å². The number of likely N-dealkylation sites (tertiary alicyclic amines) is 1. The first-order valence-electron chi connectivity index (χ1n) is 15.7. The summed E-state index contributed by atoms with van der Waals surface area (Å²) in [4.78, 5) is 58.0. The average molecular weight is 683 g/mol. The number of alkyl halides is 1. The summed E-state index contributed by atoms with van der Waals surface area (Å²) < 4.78 is 12.4. The number of carbonyl (C=O) groups is 4. The molecule has 1 spiro atoms. The van der Waals surface area contributed by atoms with Crippen LogP contribution in [-0.2, 0) is 28.7 Å². The summed E-state index contributed by atoms with van der Waals surface area (Å²) in [6.07, 6.45) is 4.31. The molecule has 2 bridgehead atoms. The fraction of sp³-hybridized carbons (Fsp3) is 0.758. The van der Waals surface area contributed by atoms with Gasteiger partial charge in [-0.1, -0.05) is 55.8 Å². The zero-order valence-corrected chi connectivity index (χ0v) is 29.0. The van der Waals surface area contributed by atoms with Crippen LogP contribution in [-0.4, -0.2) is 98.6 Å². The van der Waals surface area contributed by atoms with Crippen LogP contribution in [0.3, 0.4) is 0 Å². The molecule has 10 nitrogen and oxygen atoms in total. The quantitative estimate of drug-likeness (QED) is 0.153. The number of rotatable bonds is 15. The van der Waals surface area contributed by atoms with E-state index >= 15 is 0 Å². The molecule has 3 heterocycles. The summed E-state index contributed by atoms with van der Waals surface area (Å²) in [5.41, 5.74) is -1.97. The number of carbonyl (C=O) groups excluding carboxylic acids is 4. The minimum absolute atomic E-state index is 0.0911. The van der Waals surface area contributed by atoms with Crippen molar-refractivity contribution in [3.63, 3.8) is 0 Å². The lowest BCUT2D eigenvalue weighted by molar-refractivity contribution is -0.160. The maximum Gasteiger partial charge on any atom is 0.312 e. The molecule has 3 fully saturated rings. The van der Waals surface area contributed by atoms with Gasteiger partial charge in [0, 0.05) is 23.3 Å². The van der Waals surface area contributed by atoms with Crippen LogP contribution in [0, 0.1) is 17.3 Å². The smallest absolute Gasteiger partial charge is 0.312 e. The first-order valence-corrected chi connectivity index (χ1v) is 16.7. The number of amides is 3. The Bertz CT molecular complexity index is 1120. The molecule has 3 aliphatic rings. The van der Waals surface area contributed by atoms with Crippen molar-refractivity contribution in [2.45, 2.75) is 121 Å². The number of aliphatic hydroxyl groups is 1. The summed E-state index contributed by atoms with van der Waals surface area (Å²) in [7, 11) is 0. The number of fused-ring (bicyclic) bond motifs is 1. The van der Waals surface area contributed by atoms with Crippen molar-refractivity contribution in [3.05, 3.63) is 25.3 Å². The second-order valence-corrected chi connectivity index (χ2v) is 15.5. The maximum atomic E-state index is 14.8. The Kier molecular flexibility index (Phi) is 11.6. The lowest BCUT2D eigenvalue weighted by atomic mass is 9.70. The molecule has 3 amide bonds. The van der Waals surface area contributed by atoms with Gasteiger partial charge in [-0.2, -0.15) is 0 Å². The van der Waals surface area contributed by atoms with Crippen molar-refractivity contribution in [1.82, 2.24) is 15.1 Å². The van der Waals surface area contributed by atoms with E-state index < -0.39 is 53.2 Å². The fourth-order valence-corrected chi connectivity index (χ4v) is 8.57. The maximum absolute atomic E-state index is 14.8. The Morgan fingerprint density at radius 3 is 2.45 bits per heavy atom. The lowest BCUT2D eigenvalue weighted by Crippen LogP contribution is -2.62. The second kappa shape index (κ2) is 14.0. The molecule has 11 heteroatoms. The van der Waals surface area contributed by atoms with Crippen LogP contribution >= 0.6 is 15.9 Å². The average Bonchev–Trinajstić information content (AvgIpc) is 3.52. The highest BCUT2D eigenvalue weighted by Gasteiger charge is 2.77. The Labute approximate surface area is 271 Å². The van der Waals surface area contributed by atoms with Gasteiger partial charge in [0.2, 0.25) is 17.7 Å². The lowest BCUT2D eigenvalue weighted by Gasteiger charge is -2.46. The van der Waals surface area contributed by atoms with Crippen LogP contribution in [0.2, 0.25) is 0 Å². The summed E-state index contributed by atoms with van der Waals surface area (Å²) >= 11 is 3.69. The number of allylic oxidation sites excluding steroid dienone is 1. The summed E-state index contributed by atoms with van der Waals surface area (Å²) in [5, 5.41) is 13.1. The molecule has 3 saturated heterocycles. The molecule has 8 atom stereocenters. The molecule has 0 aliphatic carbocycles. The third-order valence-electron chi connectivity index (χ3n) is 9.06. The molecular weight excluding hydrogens is 630 g/mol. The van der Waals surface area contributed by atoms with Gasteiger partial charge in [-0.15, -0.1) is 13.2 Å². The minimum atomic E-state index is -1.28. The van der Waals surface area contributed by atoms with E-state index in [1.165, 1.54) is 4.90 Å². The van der Waals surface area contributed by atoms with Gasteiger partial charge in [-0.3, -0.25) is 19.2 Å². The predicted octanol–water partition coefficient (Wildman–Crippen LogP) is 3.75. The molecule has 2 N–H and O–H groups in total. The zero-order chi connectivity index (χ0) is 33.2. The van der Waals surface area contributed by atoms with Crippen LogP contribution in [0.25, 0.3) is 0 Å². The van der Waals surface area contributed by atoms with Crippen molar-refractivity contribution in [2.75, 3.05) is 19.7 Å². The van der Waals surface area contributed by atoms with Gasteiger partial charge >= 0.3 is 5.97 Å². The molecule has 3 aliphatic heterocycles. The van der Waals surface area contributed by atoms with Crippen LogP contribution < -0.4 is 5.32 Å². The Morgan fingerprint density at radius 2 is 1.91 bits per heavy atom. The van der Waals surface area contributed by atoms with E-state index in [1.807, 2.05) is 20.8 Å². The van der Waals surface area contributed by atoms with Crippen molar-refractivity contribution in [3.8, 4) is 0 Å². The Balaban J connectivity index is 1.99. The Morgan fingerprint density at radius 1 is 1.25 bits per heavy atom. The summed E-state index contributed by atoms with van der Waals surface area (Å²) in [6, 6.07) is -1.67. The SMILES string of the molecule is C=CCCC(=O)NC[C@H](C)OC(=O)[C@@H]1[C@H]2O[C@@]3(CC2Br)[C@H](C(=O)N(CC=C)C(C)(C)CC(C)(C)C)N([C@@H](CC)CO)C(=O)[C@@H]13. The number of esters is 1. The van der Waals surface area contributed by atoms with Crippen LogP contribution in [0.4, 0.5) is 0 Å². The second-order valence-electron chi connectivity index (χ2n) is 14.3. The molecule has 0 aromatic rings. The van der Waals surface area contributed by atoms with Crippen molar-refractivity contribution < 1.29 is 33.8 Å². The number of hydrogen-bond acceptors (Lipinski definition) is 7. The van der Waals surface area contributed by atoms with Crippen LogP contribution in [0.15, 0.2) is 25.3 Å². The molecule has 248 valence electrons. The van der Waals surface area contributed by atoms with Gasteiger partial charge in [-0.25, -0.2) is 0 Å². The van der Waals surface area contributed by atoms with E-state index in [2.05, 4.69) is 55.2 Å².